The van der Waals surface area contributed by atoms with Crippen molar-refractivity contribution >= 4 is 40.7 Å². The van der Waals surface area contributed by atoms with Gasteiger partial charge in [0.15, 0.2) is 0 Å². The number of rotatable bonds is 8. The Morgan fingerprint density at radius 2 is 1.59 bits per heavy atom. The Morgan fingerprint density at radius 3 is 2.22 bits per heavy atom. The summed E-state index contributed by atoms with van der Waals surface area (Å²) in [6.07, 6.45) is 3.50. The average Bonchev–Trinajstić information content (AvgIpc) is 2.97. The van der Waals surface area contributed by atoms with Crippen LogP contribution >= 0.6 is 23.5 Å². The molecular weight excluding hydrogens is 546 g/mol. The minimum atomic E-state index is -0.0699. The summed E-state index contributed by atoms with van der Waals surface area (Å²) in [5, 5.41) is 0.795. The van der Waals surface area contributed by atoms with E-state index in [0.717, 1.165) is 55.5 Å². The number of carbonyl (C=O) groups is 1. The third-order valence-electron chi connectivity index (χ3n) is 8.45. The van der Waals surface area contributed by atoms with Crippen molar-refractivity contribution in [1.29, 1.82) is 0 Å². The maximum absolute atomic E-state index is 12.7. The number of carbonyl (C=O) groups excluding carboxylic acids is 1. The quantitative estimate of drug-likeness (QED) is 0.267. The van der Waals surface area contributed by atoms with Crippen LogP contribution in [0.15, 0.2) is 83.3 Å². The fourth-order valence-corrected chi connectivity index (χ4v) is 6.63. The van der Waals surface area contributed by atoms with E-state index in [-0.39, 0.29) is 5.91 Å². The van der Waals surface area contributed by atoms with E-state index in [2.05, 4.69) is 90.7 Å². The summed E-state index contributed by atoms with van der Waals surface area (Å²) in [4.78, 5) is 18.8. The summed E-state index contributed by atoms with van der Waals surface area (Å²) >= 11 is 7.54. The molecule has 0 saturated carbocycles. The number of anilines is 1. The van der Waals surface area contributed by atoms with E-state index in [9.17, 15) is 4.79 Å². The number of piperazine rings is 1. The molecule has 1 fully saturated rings. The minimum Gasteiger partial charge on any atom is -0.369 e. The van der Waals surface area contributed by atoms with Gasteiger partial charge in [-0.2, -0.15) is 0 Å². The summed E-state index contributed by atoms with van der Waals surface area (Å²) in [6, 6.07) is 24.8. The Labute approximate surface area is 255 Å². The third-order valence-corrected chi connectivity index (χ3v) is 9.50. The first-order chi connectivity index (χ1) is 19.7. The van der Waals surface area contributed by atoms with Crippen LogP contribution < -0.4 is 9.62 Å². The van der Waals surface area contributed by atoms with Crippen LogP contribution in [0.1, 0.15) is 74.4 Å². The van der Waals surface area contributed by atoms with E-state index >= 15 is 0 Å². The SMILES string of the molecule is CC(C)c1ccc(SNC(=O)c2ccc(N3CCN(CC4=C(c5ccc(Cl)cc5)CCC(C)(C)C4)CC3)cc2)cc1. The van der Waals surface area contributed by atoms with Crippen LogP contribution in [0.5, 0.6) is 0 Å². The lowest BCUT2D eigenvalue weighted by Gasteiger charge is -2.39. The molecular formula is C35H42ClN3OS. The molecule has 0 atom stereocenters. The molecule has 1 heterocycles. The smallest absolute Gasteiger partial charge is 0.261 e. The van der Waals surface area contributed by atoms with E-state index in [1.165, 1.54) is 40.8 Å². The highest BCUT2D eigenvalue weighted by molar-refractivity contribution is 7.98. The van der Waals surface area contributed by atoms with Crippen LogP contribution in [0, 0.1) is 5.41 Å². The van der Waals surface area contributed by atoms with Crippen molar-refractivity contribution in [1.82, 2.24) is 9.62 Å². The molecule has 2 aliphatic rings. The molecule has 3 aromatic rings. The highest BCUT2D eigenvalue weighted by Crippen LogP contribution is 2.43. The van der Waals surface area contributed by atoms with Crippen LogP contribution in [-0.4, -0.2) is 43.5 Å². The second kappa shape index (κ2) is 13.1. The highest BCUT2D eigenvalue weighted by Gasteiger charge is 2.29. The summed E-state index contributed by atoms with van der Waals surface area (Å²) in [7, 11) is 0. The van der Waals surface area contributed by atoms with Gasteiger partial charge in [0.25, 0.3) is 5.91 Å². The molecule has 6 heteroatoms. The second-order valence-electron chi connectivity index (χ2n) is 12.5. The van der Waals surface area contributed by atoms with Crippen molar-refractivity contribution in [3.8, 4) is 0 Å². The maximum Gasteiger partial charge on any atom is 0.261 e. The van der Waals surface area contributed by atoms with Crippen molar-refractivity contribution in [2.24, 2.45) is 5.41 Å². The van der Waals surface area contributed by atoms with Crippen LogP contribution in [0.3, 0.4) is 0 Å². The van der Waals surface area contributed by atoms with Crippen molar-refractivity contribution in [2.75, 3.05) is 37.6 Å². The van der Waals surface area contributed by atoms with Crippen molar-refractivity contribution < 1.29 is 4.79 Å². The fourth-order valence-electron chi connectivity index (χ4n) is 5.91. The number of nitrogens with zero attached hydrogens (tertiary/aromatic N) is 2. The van der Waals surface area contributed by atoms with E-state index in [0.29, 0.717) is 16.9 Å². The van der Waals surface area contributed by atoms with Gasteiger partial charge in [0, 0.05) is 53.9 Å². The molecule has 5 rings (SSSR count). The first kappa shape index (κ1) is 29.8. The molecule has 0 spiro atoms. The molecule has 4 nitrogen and oxygen atoms in total. The molecule has 1 aliphatic carbocycles. The summed E-state index contributed by atoms with van der Waals surface area (Å²) in [5.41, 5.74) is 7.93. The summed E-state index contributed by atoms with van der Waals surface area (Å²) in [5.74, 6) is 0.430. The molecule has 216 valence electrons. The molecule has 1 amide bonds. The molecule has 0 radical (unpaired) electrons. The van der Waals surface area contributed by atoms with E-state index in [1.807, 2.05) is 24.3 Å². The molecule has 0 aromatic heterocycles. The van der Waals surface area contributed by atoms with Gasteiger partial charge < -0.3 is 4.90 Å². The lowest BCUT2D eigenvalue weighted by atomic mass is 9.73. The van der Waals surface area contributed by atoms with Gasteiger partial charge in [-0.15, -0.1) is 0 Å². The molecule has 3 aromatic carbocycles. The Morgan fingerprint density at radius 1 is 0.927 bits per heavy atom. The van der Waals surface area contributed by atoms with Gasteiger partial charge in [-0.05, 0) is 108 Å². The minimum absolute atomic E-state index is 0.0699. The number of amides is 1. The highest BCUT2D eigenvalue weighted by atomic mass is 35.5. The molecule has 0 bridgehead atoms. The predicted molar refractivity (Wildman–Crippen MR) is 175 cm³/mol. The van der Waals surface area contributed by atoms with Gasteiger partial charge in [0.2, 0.25) is 0 Å². The molecule has 41 heavy (non-hydrogen) atoms. The Hall–Kier alpha value is -2.73. The van der Waals surface area contributed by atoms with Crippen LogP contribution in [-0.2, 0) is 0 Å². The first-order valence-corrected chi connectivity index (χ1v) is 16.0. The Bertz CT molecular complexity index is 1360. The number of allylic oxidation sites excluding steroid dienone is 1. The van der Waals surface area contributed by atoms with E-state index in [4.69, 9.17) is 11.6 Å². The van der Waals surface area contributed by atoms with E-state index < -0.39 is 0 Å². The molecule has 1 N–H and O–H groups in total. The van der Waals surface area contributed by atoms with Gasteiger partial charge >= 0.3 is 0 Å². The monoisotopic (exact) mass is 587 g/mol. The van der Waals surface area contributed by atoms with Crippen LogP contribution in [0.4, 0.5) is 5.69 Å². The number of halogens is 1. The van der Waals surface area contributed by atoms with Gasteiger partial charge in [0.05, 0.1) is 0 Å². The normalized spacial score (nSPS) is 17.7. The lowest BCUT2D eigenvalue weighted by molar-refractivity contribution is 0.0984. The Balaban J connectivity index is 1.15. The maximum atomic E-state index is 12.7. The number of hydrogen-bond acceptors (Lipinski definition) is 4. The zero-order valence-corrected chi connectivity index (χ0v) is 26.3. The molecule has 0 unspecified atom stereocenters. The van der Waals surface area contributed by atoms with Crippen molar-refractivity contribution in [3.63, 3.8) is 0 Å². The van der Waals surface area contributed by atoms with Gasteiger partial charge in [-0.3, -0.25) is 14.4 Å². The molecule has 1 saturated heterocycles. The van der Waals surface area contributed by atoms with Crippen molar-refractivity contribution in [3.05, 3.63) is 100 Å². The van der Waals surface area contributed by atoms with Crippen molar-refractivity contribution in [2.45, 2.75) is 57.8 Å². The summed E-state index contributed by atoms with van der Waals surface area (Å²) in [6.45, 7) is 14.2. The average molecular weight is 588 g/mol. The Kier molecular flexibility index (Phi) is 9.48. The predicted octanol–water partition coefficient (Wildman–Crippen LogP) is 8.69. The largest absolute Gasteiger partial charge is 0.369 e. The molecule has 1 aliphatic heterocycles. The zero-order chi connectivity index (χ0) is 29.0. The first-order valence-electron chi connectivity index (χ1n) is 14.8. The lowest BCUT2D eigenvalue weighted by Crippen LogP contribution is -2.47. The number of hydrogen-bond donors (Lipinski definition) is 1. The second-order valence-corrected chi connectivity index (χ2v) is 13.8. The standard InChI is InChI=1S/C35H42ClN3OS/c1-25(2)26-9-15-32(16-10-26)41-37-34(40)28-7-13-31(14-8-28)39-21-19-38(20-22-39)24-29-23-35(3,4)18-17-33(29)27-5-11-30(36)12-6-27/h5-16,25H,17-24H2,1-4H3,(H,37,40). The zero-order valence-electron chi connectivity index (χ0n) is 24.8. The topological polar surface area (TPSA) is 35.6 Å². The van der Waals surface area contributed by atoms with E-state index in [1.54, 1.807) is 5.57 Å². The van der Waals surface area contributed by atoms with Gasteiger partial charge in [0.1, 0.15) is 0 Å². The van der Waals surface area contributed by atoms with Gasteiger partial charge in [-0.25, -0.2) is 0 Å². The van der Waals surface area contributed by atoms with Crippen LogP contribution in [0.2, 0.25) is 5.02 Å². The summed E-state index contributed by atoms with van der Waals surface area (Å²) < 4.78 is 2.98. The fraction of sp³-hybridized carbons (Fsp3) is 0.400. The number of benzene rings is 3. The van der Waals surface area contributed by atoms with Gasteiger partial charge in [-0.1, -0.05) is 69.1 Å². The number of nitrogens with one attached hydrogen (secondary N) is 1. The van der Waals surface area contributed by atoms with Crippen LogP contribution in [0.25, 0.3) is 5.57 Å². The third kappa shape index (κ3) is 7.77.